The molecule has 3 amide bonds. The molecule has 0 saturated carbocycles. The number of benzene rings is 1. The van der Waals surface area contributed by atoms with Gasteiger partial charge in [0.1, 0.15) is 31.0 Å². The standard InChI is InChI=1S/C45H79N3O9/c1-5-7-9-11-13-15-17-19-21-26-30-47(44(53)55-31-27-22-20-18-16-14-12-10-8-6-2)43-39(41(51)40(50)38(33-49)57-43)48(42(52)37(46)32-35(3)4)45(54)56-34-36-28-24-23-25-29-36/h23-25,28-29,35,37-41,43,49-51H,5-22,26-27,30-34,46H2,1-4H3/t37-,38+,39+,40+,41+,43+/m0/s1. The van der Waals surface area contributed by atoms with E-state index in [1.807, 2.05) is 19.9 Å². The topological polar surface area (TPSA) is 172 Å². The second kappa shape index (κ2) is 30.3. The fraction of sp³-hybridized carbons (Fsp3) is 0.800. The average Bonchev–Trinajstić information content (AvgIpc) is 3.20. The summed E-state index contributed by atoms with van der Waals surface area (Å²) in [5, 5.41) is 33.1. The number of carbonyl (C=O) groups is 3. The Morgan fingerprint density at radius 1 is 0.719 bits per heavy atom. The Morgan fingerprint density at radius 2 is 1.23 bits per heavy atom. The molecule has 1 aromatic carbocycles. The van der Waals surface area contributed by atoms with Gasteiger partial charge in [-0.3, -0.25) is 9.69 Å². The summed E-state index contributed by atoms with van der Waals surface area (Å²) in [5.41, 5.74) is 7.05. The highest BCUT2D eigenvalue weighted by atomic mass is 16.6. The van der Waals surface area contributed by atoms with E-state index < -0.39 is 61.3 Å². The molecule has 0 radical (unpaired) electrons. The summed E-state index contributed by atoms with van der Waals surface area (Å²) in [6, 6.07) is 6.15. The van der Waals surface area contributed by atoms with E-state index >= 15 is 0 Å². The number of aliphatic hydroxyl groups is 3. The smallest absolute Gasteiger partial charge is 0.417 e. The minimum absolute atomic E-state index is 0.00700. The summed E-state index contributed by atoms with van der Waals surface area (Å²) in [4.78, 5) is 44.2. The molecule has 5 N–H and O–H groups in total. The predicted molar refractivity (Wildman–Crippen MR) is 224 cm³/mol. The normalized spacial score (nSPS) is 20.0. The van der Waals surface area contributed by atoms with Crippen LogP contribution < -0.4 is 5.73 Å². The molecule has 0 spiro atoms. The Morgan fingerprint density at radius 3 is 1.74 bits per heavy atom. The molecule has 1 aliphatic rings. The van der Waals surface area contributed by atoms with Crippen molar-refractivity contribution in [2.24, 2.45) is 11.7 Å². The molecule has 0 aromatic heterocycles. The molecule has 1 aromatic rings. The third-order valence-electron chi connectivity index (χ3n) is 10.9. The van der Waals surface area contributed by atoms with E-state index in [0.29, 0.717) is 23.3 Å². The highest BCUT2D eigenvalue weighted by Crippen LogP contribution is 2.30. The van der Waals surface area contributed by atoms with Crippen molar-refractivity contribution in [3.05, 3.63) is 35.9 Å². The average molecular weight is 806 g/mol. The SMILES string of the molecule is CCCCCCCCCCCCOC(=O)N(CCCCCCCCCCCC)[C@@H]1O[C@H](CO)[C@@H](O)[C@H](O)[C@H]1N(C(=O)OCc1ccccc1)C(=O)[C@@H](N)CC(C)C. The highest BCUT2D eigenvalue weighted by molar-refractivity contribution is 5.95. The van der Waals surface area contributed by atoms with Crippen LogP contribution in [0.15, 0.2) is 30.3 Å². The number of unbranched alkanes of at least 4 members (excludes halogenated alkanes) is 18. The van der Waals surface area contributed by atoms with Gasteiger partial charge in [-0.25, -0.2) is 14.5 Å². The van der Waals surface area contributed by atoms with E-state index in [1.54, 1.807) is 24.3 Å². The van der Waals surface area contributed by atoms with Gasteiger partial charge in [0, 0.05) is 6.54 Å². The molecule has 6 atom stereocenters. The van der Waals surface area contributed by atoms with Crippen molar-refractivity contribution in [1.82, 2.24) is 9.80 Å². The number of nitrogens with two attached hydrogens (primary N) is 1. The maximum atomic E-state index is 14.2. The summed E-state index contributed by atoms with van der Waals surface area (Å²) in [7, 11) is 0. The summed E-state index contributed by atoms with van der Waals surface area (Å²) in [6.07, 6.45) is 14.1. The lowest BCUT2D eigenvalue weighted by molar-refractivity contribution is -0.241. The Hall–Kier alpha value is -2.77. The molecular formula is C45H79N3O9. The molecule has 2 rings (SSSR count). The first-order chi connectivity index (χ1) is 27.6. The number of hydrogen-bond acceptors (Lipinski definition) is 10. The number of carbonyl (C=O) groups excluding carboxylic acids is 3. The Balaban J connectivity index is 2.32. The molecule has 0 aliphatic carbocycles. The molecule has 328 valence electrons. The lowest BCUT2D eigenvalue weighted by Gasteiger charge is -2.49. The largest absolute Gasteiger partial charge is 0.449 e. The number of ether oxygens (including phenoxy) is 3. The van der Waals surface area contributed by atoms with Crippen LogP contribution in [-0.4, -0.2) is 99.6 Å². The van der Waals surface area contributed by atoms with Crippen LogP contribution in [0.2, 0.25) is 0 Å². The van der Waals surface area contributed by atoms with Crippen LogP contribution >= 0.6 is 0 Å². The Bertz CT molecular complexity index is 1210. The quantitative estimate of drug-likeness (QED) is 0.0552. The van der Waals surface area contributed by atoms with Crippen LogP contribution in [0, 0.1) is 5.92 Å². The molecule has 1 heterocycles. The van der Waals surface area contributed by atoms with Gasteiger partial charge in [0.05, 0.1) is 19.3 Å². The van der Waals surface area contributed by atoms with E-state index in [2.05, 4.69) is 13.8 Å². The van der Waals surface area contributed by atoms with Gasteiger partial charge in [0.15, 0.2) is 6.23 Å². The highest BCUT2D eigenvalue weighted by Gasteiger charge is 2.54. The Labute approximate surface area is 344 Å². The van der Waals surface area contributed by atoms with E-state index in [0.717, 1.165) is 44.9 Å². The first kappa shape index (κ1) is 50.4. The van der Waals surface area contributed by atoms with Gasteiger partial charge in [0.25, 0.3) is 0 Å². The van der Waals surface area contributed by atoms with Crippen molar-refractivity contribution in [1.29, 1.82) is 0 Å². The van der Waals surface area contributed by atoms with Crippen molar-refractivity contribution >= 4 is 18.1 Å². The Kier molecular flexibility index (Phi) is 26.8. The molecule has 12 nitrogen and oxygen atoms in total. The summed E-state index contributed by atoms with van der Waals surface area (Å²) in [5.74, 6) is -0.848. The fourth-order valence-corrected chi connectivity index (χ4v) is 7.48. The molecule has 1 saturated heterocycles. The van der Waals surface area contributed by atoms with Gasteiger partial charge in [-0.15, -0.1) is 0 Å². The van der Waals surface area contributed by atoms with Crippen molar-refractivity contribution in [2.45, 2.75) is 206 Å². The molecule has 12 heteroatoms. The molecule has 1 aliphatic heterocycles. The van der Waals surface area contributed by atoms with Gasteiger partial charge < -0.3 is 35.3 Å². The first-order valence-electron chi connectivity index (χ1n) is 22.4. The van der Waals surface area contributed by atoms with E-state index in [9.17, 15) is 29.7 Å². The van der Waals surface area contributed by atoms with Crippen molar-refractivity contribution in [3.8, 4) is 0 Å². The third kappa shape index (κ3) is 19.2. The van der Waals surface area contributed by atoms with Crippen LogP contribution in [0.1, 0.15) is 168 Å². The summed E-state index contributed by atoms with van der Waals surface area (Å²) < 4.78 is 17.6. The van der Waals surface area contributed by atoms with Gasteiger partial charge >= 0.3 is 12.2 Å². The monoisotopic (exact) mass is 806 g/mol. The minimum Gasteiger partial charge on any atom is -0.449 e. The molecule has 0 unspecified atom stereocenters. The lowest BCUT2D eigenvalue weighted by atomic mass is 9.93. The van der Waals surface area contributed by atoms with Crippen LogP contribution in [0.25, 0.3) is 0 Å². The van der Waals surface area contributed by atoms with Crippen LogP contribution in [0.4, 0.5) is 9.59 Å². The van der Waals surface area contributed by atoms with Crippen LogP contribution in [-0.2, 0) is 25.6 Å². The second-order valence-corrected chi connectivity index (χ2v) is 16.4. The van der Waals surface area contributed by atoms with E-state index in [4.69, 9.17) is 19.9 Å². The van der Waals surface area contributed by atoms with Crippen molar-refractivity contribution in [2.75, 3.05) is 19.8 Å². The number of nitrogens with zero attached hydrogens (tertiary/aromatic N) is 2. The van der Waals surface area contributed by atoms with Crippen molar-refractivity contribution < 1.29 is 43.9 Å². The maximum Gasteiger partial charge on any atom is 0.417 e. The third-order valence-corrected chi connectivity index (χ3v) is 10.9. The second-order valence-electron chi connectivity index (χ2n) is 16.4. The number of hydrogen-bond donors (Lipinski definition) is 4. The van der Waals surface area contributed by atoms with Crippen LogP contribution in [0.3, 0.4) is 0 Å². The van der Waals surface area contributed by atoms with Crippen molar-refractivity contribution in [3.63, 3.8) is 0 Å². The zero-order valence-electron chi connectivity index (χ0n) is 35.9. The van der Waals surface area contributed by atoms with Crippen LogP contribution in [0.5, 0.6) is 0 Å². The number of amides is 3. The maximum absolute atomic E-state index is 14.2. The molecule has 57 heavy (non-hydrogen) atoms. The number of aliphatic hydroxyl groups excluding tert-OH is 3. The summed E-state index contributed by atoms with van der Waals surface area (Å²) in [6.45, 7) is 7.64. The van der Waals surface area contributed by atoms with Gasteiger partial charge in [-0.1, -0.05) is 174 Å². The van der Waals surface area contributed by atoms with Gasteiger partial charge in [0.2, 0.25) is 5.91 Å². The van der Waals surface area contributed by atoms with E-state index in [-0.39, 0.29) is 32.1 Å². The zero-order chi connectivity index (χ0) is 41.8. The number of imide groups is 1. The van der Waals surface area contributed by atoms with Gasteiger partial charge in [-0.2, -0.15) is 0 Å². The first-order valence-corrected chi connectivity index (χ1v) is 22.4. The van der Waals surface area contributed by atoms with E-state index in [1.165, 1.54) is 75.5 Å². The van der Waals surface area contributed by atoms with Gasteiger partial charge in [-0.05, 0) is 30.7 Å². The molecule has 0 bridgehead atoms. The minimum atomic E-state index is -1.81. The molecule has 1 fully saturated rings. The molecular weight excluding hydrogens is 727 g/mol. The predicted octanol–water partition coefficient (Wildman–Crippen LogP) is 8.61. The lowest BCUT2D eigenvalue weighted by Crippen LogP contribution is -2.71. The number of rotatable bonds is 30. The fourth-order valence-electron chi connectivity index (χ4n) is 7.48. The zero-order valence-corrected chi connectivity index (χ0v) is 35.9. The summed E-state index contributed by atoms with van der Waals surface area (Å²) >= 11 is 0.